The SMILES string of the molecule is CCOC(=S)SC(NC(=O)c1ccccc1)C(=O)N1CCC[C@H]1C(=O)OC. The van der Waals surface area contributed by atoms with Gasteiger partial charge in [0, 0.05) is 12.1 Å². The first kappa shape index (κ1) is 21.2. The third kappa shape index (κ3) is 5.67. The van der Waals surface area contributed by atoms with Gasteiger partial charge in [0.15, 0.2) is 5.37 Å². The van der Waals surface area contributed by atoms with Crippen LogP contribution in [0.2, 0.25) is 0 Å². The zero-order chi connectivity index (χ0) is 19.8. The molecule has 1 aromatic carbocycles. The lowest BCUT2D eigenvalue weighted by Crippen LogP contribution is -2.51. The van der Waals surface area contributed by atoms with Crippen molar-refractivity contribution >= 4 is 46.1 Å². The number of carbonyl (C=O) groups excluding carboxylic acids is 3. The molecule has 0 aromatic heterocycles. The minimum atomic E-state index is -0.998. The van der Waals surface area contributed by atoms with Crippen LogP contribution in [0.5, 0.6) is 0 Å². The van der Waals surface area contributed by atoms with Crippen molar-refractivity contribution in [3.05, 3.63) is 35.9 Å². The Morgan fingerprint density at radius 3 is 2.67 bits per heavy atom. The monoisotopic (exact) mass is 410 g/mol. The van der Waals surface area contributed by atoms with Crippen LogP contribution in [0.3, 0.4) is 0 Å². The number of benzene rings is 1. The molecule has 0 radical (unpaired) electrons. The Balaban J connectivity index is 2.18. The molecular formula is C18H22N2O5S2. The van der Waals surface area contributed by atoms with E-state index in [4.69, 9.17) is 21.7 Å². The second-order valence-electron chi connectivity index (χ2n) is 5.73. The van der Waals surface area contributed by atoms with E-state index in [1.165, 1.54) is 12.0 Å². The topological polar surface area (TPSA) is 84.9 Å². The maximum Gasteiger partial charge on any atom is 0.328 e. The van der Waals surface area contributed by atoms with Gasteiger partial charge in [0.1, 0.15) is 6.04 Å². The first-order valence-electron chi connectivity index (χ1n) is 8.55. The number of thioether (sulfide) groups is 1. The highest BCUT2D eigenvalue weighted by Crippen LogP contribution is 2.23. The van der Waals surface area contributed by atoms with E-state index in [1.807, 2.05) is 0 Å². The molecule has 1 aliphatic heterocycles. The first-order chi connectivity index (χ1) is 13.0. The molecule has 1 aromatic rings. The van der Waals surface area contributed by atoms with Crippen LogP contribution in [0.1, 0.15) is 30.1 Å². The van der Waals surface area contributed by atoms with Crippen LogP contribution in [-0.2, 0) is 19.1 Å². The Morgan fingerprint density at radius 1 is 1.33 bits per heavy atom. The molecule has 0 aliphatic carbocycles. The van der Waals surface area contributed by atoms with Gasteiger partial charge in [-0.3, -0.25) is 9.59 Å². The normalized spacial score (nSPS) is 17.1. The number of hydrogen-bond donors (Lipinski definition) is 1. The van der Waals surface area contributed by atoms with Crippen LogP contribution < -0.4 is 5.32 Å². The van der Waals surface area contributed by atoms with Gasteiger partial charge in [0.25, 0.3) is 11.8 Å². The maximum absolute atomic E-state index is 13.1. The van der Waals surface area contributed by atoms with Gasteiger partial charge >= 0.3 is 5.97 Å². The molecule has 2 amide bonds. The Labute approximate surface area is 167 Å². The number of esters is 1. The first-order valence-corrected chi connectivity index (χ1v) is 9.84. The van der Waals surface area contributed by atoms with Crippen LogP contribution in [0.4, 0.5) is 0 Å². The van der Waals surface area contributed by atoms with Crippen molar-refractivity contribution in [3.63, 3.8) is 0 Å². The van der Waals surface area contributed by atoms with E-state index < -0.39 is 29.2 Å². The average Bonchev–Trinajstić information content (AvgIpc) is 3.17. The van der Waals surface area contributed by atoms with Crippen LogP contribution in [0.25, 0.3) is 0 Å². The van der Waals surface area contributed by atoms with E-state index in [-0.39, 0.29) is 4.38 Å². The van der Waals surface area contributed by atoms with E-state index in [9.17, 15) is 14.4 Å². The number of amides is 2. The van der Waals surface area contributed by atoms with Crippen molar-refractivity contribution in [2.75, 3.05) is 20.3 Å². The van der Waals surface area contributed by atoms with Gasteiger partial charge in [-0.1, -0.05) is 18.2 Å². The van der Waals surface area contributed by atoms with E-state index in [0.29, 0.717) is 31.6 Å². The lowest BCUT2D eigenvalue weighted by Gasteiger charge is -2.27. The fraction of sp³-hybridized carbons (Fsp3) is 0.444. The molecule has 1 N–H and O–H groups in total. The minimum Gasteiger partial charge on any atom is -0.479 e. The van der Waals surface area contributed by atoms with E-state index in [2.05, 4.69) is 5.32 Å². The molecular weight excluding hydrogens is 388 g/mol. The van der Waals surface area contributed by atoms with Crippen LogP contribution in [-0.4, -0.2) is 58.7 Å². The highest BCUT2D eigenvalue weighted by molar-refractivity contribution is 8.23. The second-order valence-corrected chi connectivity index (χ2v) is 7.44. The van der Waals surface area contributed by atoms with Gasteiger partial charge in [-0.05, 0) is 55.9 Å². The number of thiocarbonyl (C=S) groups is 1. The smallest absolute Gasteiger partial charge is 0.328 e. The highest BCUT2D eigenvalue weighted by Gasteiger charge is 2.39. The summed E-state index contributed by atoms with van der Waals surface area (Å²) in [5.41, 5.74) is 0.421. The molecule has 0 bridgehead atoms. The summed E-state index contributed by atoms with van der Waals surface area (Å²) in [5.74, 6) is -1.28. The molecule has 1 unspecified atom stereocenters. The van der Waals surface area contributed by atoms with Gasteiger partial charge in [0.05, 0.1) is 13.7 Å². The number of nitrogens with zero attached hydrogens (tertiary/aromatic N) is 1. The van der Waals surface area contributed by atoms with Crippen molar-refractivity contribution < 1.29 is 23.9 Å². The summed E-state index contributed by atoms with van der Waals surface area (Å²) in [5, 5.41) is 1.69. The summed E-state index contributed by atoms with van der Waals surface area (Å²) in [7, 11) is 1.29. The largest absolute Gasteiger partial charge is 0.479 e. The predicted molar refractivity (Wildman–Crippen MR) is 106 cm³/mol. The third-order valence-corrected chi connectivity index (χ3v) is 5.28. The number of ether oxygens (including phenoxy) is 2. The van der Waals surface area contributed by atoms with Gasteiger partial charge < -0.3 is 19.7 Å². The summed E-state index contributed by atoms with van der Waals surface area (Å²) in [6.45, 7) is 2.55. The molecule has 7 nitrogen and oxygen atoms in total. The Morgan fingerprint density at radius 2 is 2.04 bits per heavy atom. The van der Waals surface area contributed by atoms with Crippen molar-refractivity contribution in [2.45, 2.75) is 31.2 Å². The van der Waals surface area contributed by atoms with E-state index in [0.717, 1.165) is 11.8 Å². The molecule has 2 rings (SSSR count). The summed E-state index contributed by atoms with van der Waals surface area (Å²) >= 11 is 6.07. The van der Waals surface area contributed by atoms with Crippen LogP contribution in [0, 0.1) is 0 Å². The summed E-state index contributed by atoms with van der Waals surface area (Å²) in [6, 6.07) is 7.91. The number of nitrogens with one attached hydrogen (secondary N) is 1. The lowest BCUT2D eigenvalue weighted by atomic mass is 10.2. The lowest BCUT2D eigenvalue weighted by molar-refractivity contribution is -0.150. The molecule has 1 fully saturated rings. The molecule has 27 heavy (non-hydrogen) atoms. The van der Waals surface area contributed by atoms with Gasteiger partial charge in [-0.2, -0.15) is 0 Å². The van der Waals surface area contributed by atoms with Crippen LogP contribution in [0.15, 0.2) is 30.3 Å². The third-order valence-electron chi connectivity index (χ3n) is 4.01. The number of methoxy groups -OCH3 is 1. The highest BCUT2D eigenvalue weighted by atomic mass is 32.2. The molecule has 9 heteroatoms. The molecule has 0 spiro atoms. The van der Waals surface area contributed by atoms with Crippen molar-refractivity contribution in [1.82, 2.24) is 10.2 Å². The summed E-state index contributed by atoms with van der Waals surface area (Å²) < 4.78 is 10.2. The zero-order valence-corrected chi connectivity index (χ0v) is 16.8. The van der Waals surface area contributed by atoms with E-state index >= 15 is 0 Å². The fourth-order valence-electron chi connectivity index (χ4n) is 2.74. The Kier molecular flexibility index (Phi) is 8.05. The average molecular weight is 411 g/mol. The quantitative estimate of drug-likeness (QED) is 0.436. The molecule has 146 valence electrons. The predicted octanol–water partition coefficient (Wildman–Crippen LogP) is 1.96. The number of hydrogen-bond acceptors (Lipinski definition) is 7. The minimum absolute atomic E-state index is 0.151. The fourth-order valence-corrected chi connectivity index (χ4v) is 3.93. The second kappa shape index (κ2) is 10.3. The van der Waals surface area contributed by atoms with Gasteiger partial charge in [0.2, 0.25) is 4.38 Å². The number of carbonyl (C=O) groups is 3. The van der Waals surface area contributed by atoms with Gasteiger partial charge in [-0.25, -0.2) is 4.79 Å². The Bertz CT molecular complexity index is 698. The summed E-state index contributed by atoms with van der Waals surface area (Å²) in [4.78, 5) is 39.0. The van der Waals surface area contributed by atoms with Gasteiger partial charge in [-0.15, -0.1) is 0 Å². The zero-order valence-electron chi connectivity index (χ0n) is 15.2. The molecule has 2 atom stereocenters. The van der Waals surface area contributed by atoms with Crippen molar-refractivity contribution in [1.29, 1.82) is 0 Å². The standard InChI is InChI=1S/C18H22N2O5S2/c1-3-25-18(26)27-15(19-14(21)12-8-5-4-6-9-12)16(22)20-11-7-10-13(20)17(23)24-2/h4-6,8-9,13,15H,3,7,10-11H2,1-2H3,(H,19,21)/t13-,15?/m0/s1. The van der Waals surface area contributed by atoms with Crippen molar-refractivity contribution in [2.24, 2.45) is 0 Å². The molecule has 1 heterocycles. The molecule has 1 aliphatic rings. The molecule has 0 saturated carbocycles. The molecule has 1 saturated heterocycles. The summed E-state index contributed by atoms with van der Waals surface area (Å²) in [6.07, 6.45) is 1.21. The van der Waals surface area contributed by atoms with Crippen molar-refractivity contribution in [3.8, 4) is 0 Å². The number of likely N-dealkylation sites (tertiary alicyclic amines) is 1. The Hall–Kier alpha value is -2.13. The van der Waals surface area contributed by atoms with E-state index in [1.54, 1.807) is 37.3 Å². The maximum atomic E-state index is 13.1. The van der Waals surface area contributed by atoms with Crippen LogP contribution >= 0.6 is 24.0 Å². The number of rotatable bonds is 6.